The summed E-state index contributed by atoms with van der Waals surface area (Å²) in [5, 5.41) is 3.62. The van der Waals surface area contributed by atoms with E-state index in [0.29, 0.717) is 17.9 Å². The first-order chi connectivity index (χ1) is 17.0. The van der Waals surface area contributed by atoms with Crippen LogP contribution in [0.5, 0.6) is 5.75 Å². The molecule has 0 atom stereocenters. The van der Waals surface area contributed by atoms with Gasteiger partial charge >= 0.3 is 0 Å². The van der Waals surface area contributed by atoms with Crippen molar-refractivity contribution in [3.05, 3.63) is 70.9 Å². The quantitative estimate of drug-likeness (QED) is 0.368. The van der Waals surface area contributed by atoms with Gasteiger partial charge in [0.1, 0.15) is 11.6 Å². The first-order valence-corrected chi connectivity index (χ1v) is 13.0. The topological polar surface area (TPSA) is 70.6 Å². The smallest absolute Gasteiger partial charge is 0.251 e. The molecular formula is C27H33N5O2S. The van der Waals surface area contributed by atoms with Crippen LogP contribution < -0.4 is 19.9 Å². The molecular weight excluding hydrogens is 458 g/mol. The number of hydrogen-bond donors (Lipinski definition) is 1. The molecule has 1 amide bonds. The molecule has 8 heteroatoms. The van der Waals surface area contributed by atoms with Crippen LogP contribution in [0.3, 0.4) is 0 Å². The number of carbonyl (C=O) groups excluding carboxylic acids is 1. The van der Waals surface area contributed by atoms with Crippen molar-refractivity contribution in [1.29, 1.82) is 0 Å². The predicted molar refractivity (Wildman–Crippen MR) is 143 cm³/mol. The normalized spacial score (nSPS) is 13.6. The number of ether oxygens (including phenoxy) is 1. The summed E-state index contributed by atoms with van der Waals surface area (Å²) >= 11 is 1.61. The van der Waals surface area contributed by atoms with Crippen LogP contribution in [0.15, 0.2) is 53.7 Å². The number of benzene rings is 2. The van der Waals surface area contributed by atoms with Gasteiger partial charge in [-0.15, -0.1) is 0 Å². The highest BCUT2D eigenvalue weighted by Gasteiger charge is 2.21. The van der Waals surface area contributed by atoms with Crippen LogP contribution in [0.4, 0.5) is 11.5 Å². The lowest BCUT2D eigenvalue weighted by molar-refractivity contribution is 0.0955. The van der Waals surface area contributed by atoms with Crippen molar-refractivity contribution in [2.45, 2.75) is 31.7 Å². The van der Waals surface area contributed by atoms with Gasteiger partial charge in [-0.25, -0.2) is 9.97 Å². The number of nitrogens with zero attached hydrogens (tertiary/aromatic N) is 4. The lowest BCUT2D eigenvalue weighted by Gasteiger charge is -2.37. The molecule has 4 rings (SSSR count). The molecule has 0 unspecified atom stereocenters. The fourth-order valence-corrected chi connectivity index (χ4v) is 4.97. The minimum absolute atomic E-state index is 0.0437. The van der Waals surface area contributed by atoms with Gasteiger partial charge in [0.15, 0.2) is 5.16 Å². The molecule has 1 fully saturated rings. The number of anilines is 2. The minimum atomic E-state index is -0.0437. The van der Waals surface area contributed by atoms with Crippen molar-refractivity contribution >= 4 is 29.2 Å². The van der Waals surface area contributed by atoms with Gasteiger partial charge in [0.2, 0.25) is 0 Å². The van der Waals surface area contributed by atoms with Gasteiger partial charge in [-0.3, -0.25) is 4.79 Å². The molecule has 184 valence electrons. The number of carbonyl (C=O) groups is 1. The standard InChI is InChI=1S/C27H33N5O2S/c1-5-28-26(33)22-8-6-7-21(17-22)18-35-27-29-20(3)19(2)25(30-27)32-15-13-31(14-16-32)23-9-11-24(34-4)12-10-23/h6-12,17H,5,13-16,18H2,1-4H3,(H,28,33). The Kier molecular flexibility index (Phi) is 8.13. The zero-order chi connectivity index (χ0) is 24.8. The lowest BCUT2D eigenvalue weighted by atomic mass is 10.1. The summed E-state index contributed by atoms with van der Waals surface area (Å²) in [6, 6.07) is 16.0. The van der Waals surface area contributed by atoms with Crippen molar-refractivity contribution in [1.82, 2.24) is 15.3 Å². The third kappa shape index (κ3) is 6.06. The summed E-state index contributed by atoms with van der Waals surface area (Å²) < 4.78 is 5.28. The Balaban J connectivity index is 1.42. The summed E-state index contributed by atoms with van der Waals surface area (Å²) in [7, 11) is 1.69. The van der Waals surface area contributed by atoms with Crippen molar-refractivity contribution < 1.29 is 9.53 Å². The van der Waals surface area contributed by atoms with Crippen LogP contribution in [0, 0.1) is 13.8 Å². The number of thioether (sulfide) groups is 1. The van der Waals surface area contributed by atoms with E-state index in [4.69, 9.17) is 14.7 Å². The van der Waals surface area contributed by atoms with E-state index in [1.807, 2.05) is 50.2 Å². The number of methoxy groups -OCH3 is 1. The van der Waals surface area contributed by atoms with Crippen LogP contribution >= 0.6 is 11.8 Å². The molecule has 7 nitrogen and oxygen atoms in total. The van der Waals surface area contributed by atoms with Crippen molar-refractivity contribution in [3.8, 4) is 5.75 Å². The maximum Gasteiger partial charge on any atom is 0.251 e. The molecule has 2 aromatic carbocycles. The fraction of sp³-hybridized carbons (Fsp3) is 0.370. The zero-order valence-electron chi connectivity index (χ0n) is 20.9. The summed E-state index contributed by atoms with van der Waals surface area (Å²) in [6.45, 7) is 10.4. The molecule has 1 aliphatic rings. The zero-order valence-corrected chi connectivity index (χ0v) is 21.7. The van der Waals surface area contributed by atoms with Crippen molar-refractivity contribution in [2.24, 2.45) is 0 Å². The van der Waals surface area contributed by atoms with Crippen molar-refractivity contribution in [3.63, 3.8) is 0 Å². The van der Waals surface area contributed by atoms with Gasteiger partial charge in [-0.05, 0) is 62.7 Å². The average molecular weight is 492 g/mol. The Morgan fingerprint density at radius 1 is 1.03 bits per heavy atom. The van der Waals surface area contributed by atoms with Crippen LogP contribution in [-0.2, 0) is 5.75 Å². The molecule has 1 aliphatic heterocycles. The third-order valence-corrected chi connectivity index (χ3v) is 7.17. The molecule has 0 aliphatic carbocycles. The Morgan fingerprint density at radius 2 is 1.74 bits per heavy atom. The van der Waals surface area contributed by atoms with Crippen LogP contribution in [0.1, 0.15) is 34.1 Å². The summed E-state index contributed by atoms with van der Waals surface area (Å²) in [5.74, 6) is 2.56. The summed E-state index contributed by atoms with van der Waals surface area (Å²) in [5.41, 5.74) is 5.11. The number of nitrogens with one attached hydrogen (secondary N) is 1. The molecule has 2 heterocycles. The van der Waals surface area contributed by atoms with E-state index < -0.39 is 0 Å². The summed E-state index contributed by atoms with van der Waals surface area (Å²) in [6.07, 6.45) is 0. The van der Waals surface area contributed by atoms with Crippen LogP contribution in [-0.4, -0.2) is 55.7 Å². The molecule has 1 aromatic heterocycles. The van der Waals surface area contributed by atoms with E-state index in [-0.39, 0.29) is 5.91 Å². The maximum atomic E-state index is 12.2. The molecule has 0 spiro atoms. The molecule has 35 heavy (non-hydrogen) atoms. The summed E-state index contributed by atoms with van der Waals surface area (Å²) in [4.78, 5) is 26.6. The highest BCUT2D eigenvalue weighted by atomic mass is 32.2. The van der Waals surface area contributed by atoms with Gasteiger partial charge in [0, 0.05) is 61.0 Å². The fourth-order valence-electron chi connectivity index (χ4n) is 4.14. The molecule has 1 saturated heterocycles. The maximum absolute atomic E-state index is 12.2. The molecule has 0 saturated carbocycles. The van der Waals surface area contributed by atoms with E-state index in [1.165, 1.54) is 5.69 Å². The monoisotopic (exact) mass is 491 g/mol. The Morgan fingerprint density at radius 3 is 2.43 bits per heavy atom. The van der Waals surface area contributed by atoms with Gasteiger partial charge in [-0.1, -0.05) is 23.9 Å². The van der Waals surface area contributed by atoms with Gasteiger partial charge in [-0.2, -0.15) is 0 Å². The number of piperazine rings is 1. The Labute approximate surface area is 211 Å². The molecule has 0 radical (unpaired) electrons. The second kappa shape index (κ2) is 11.4. The van der Waals surface area contributed by atoms with E-state index in [2.05, 4.69) is 34.2 Å². The minimum Gasteiger partial charge on any atom is -0.497 e. The lowest BCUT2D eigenvalue weighted by Crippen LogP contribution is -2.47. The van der Waals surface area contributed by atoms with Crippen LogP contribution in [0.25, 0.3) is 0 Å². The van der Waals surface area contributed by atoms with Gasteiger partial charge in [0.05, 0.1) is 7.11 Å². The first kappa shape index (κ1) is 24.9. The Hall–Kier alpha value is -3.26. The second-order valence-electron chi connectivity index (χ2n) is 8.56. The van der Waals surface area contributed by atoms with Gasteiger partial charge < -0.3 is 19.9 Å². The number of rotatable bonds is 8. The van der Waals surface area contributed by atoms with E-state index in [0.717, 1.165) is 59.7 Å². The number of aromatic nitrogens is 2. The highest BCUT2D eigenvalue weighted by molar-refractivity contribution is 7.98. The predicted octanol–water partition coefficient (Wildman–Crippen LogP) is 4.47. The number of aryl methyl sites for hydroxylation is 1. The van der Waals surface area contributed by atoms with E-state index in [1.54, 1.807) is 18.9 Å². The largest absolute Gasteiger partial charge is 0.497 e. The van der Waals surface area contributed by atoms with Crippen molar-refractivity contribution in [2.75, 3.05) is 49.6 Å². The highest BCUT2D eigenvalue weighted by Crippen LogP contribution is 2.28. The number of amides is 1. The number of hydrogen-bond acceptors (Lipinski definition) is 7. The van der Waals surface area contributed by atoms with Crippen LogP contribution in [0.2, 0.25) is 0 Å². The molecule has 3 aromatic rings. The van der Waals surface area contributed by atoms with E-state index >= 15 is 0 Å². The SMILES string of the molecule is CCNC(=O)c1cccc(CSc2nc(C)c(C)c(N3CCN(c4ccc(OC)cc4)CC3)n2)c1. The Bertz CT molecular complexity index is 1160. The first-order valence-electron chi connectivity index (χ1n) is 12.0. The van der Waals surface area contributed by atoms with Gasteiger partial charge in [0.25, 0.3) is 5.91 Å². The average Bonchev–Trinajstić information content (AvgIpc) is 2.90. The second-order valence-corrected chi connectivity index (χ2v) is 9.50. The molecule has 0 bridgehead atoms. The van der Waals surface area contributed by atoms with E-state index in [9.17, 15) is 4.79 Å². The third-order valence-electron chi connectivity index (χ3n) is 6.25. The molecule has 1 N–H and O–H groups in total.